The van der Waals surface area contributed by atoms with Crippen LogP contribution in [-0.4, -0.2) is 0 Å². The zero-order chi connectivity index (χ0) is 12.6. The van der Waals surface area contributed by atoms with Gasteiger partial charge in [-0.1, -0.05) is 13.8 Å². The molecular weight excluding hydrogens is 294 g/mol. The smallest absolute Gasteiger partial charge is 0.0731 e. The minimum absolute atomic E-state index is 0.232. The van der Waals surface area contributed by atoms with E-state index in [1.165, 1.54) is 33.5 Å². The first-order valence-corrected chi connectivity index (χ1v) is 8.09. The number of rotatable bonds is 2. The minimum Gasteiger partial charge on any atom is -0.323 e. The van der Waals surface area contributed by atoms with E-state index >= 15 is 0 Å². The Kier molecular flexibility index (Phi) is 4.32. The van der Waals surface area contributed by atoms with Crippen molar-refractivity contribution in [3.8, 4) is 0 Å². The molecule has 3 atom stereocenters. The maximum atomic E-state index is 6.47. The Bertz CT molecular complexity index is 358. The van der Waals surface area contributed by atoms with Gasteiger partial charge >= 0.3 is 0 Å². The van der Waals surface area contributed by atoms with Crippen LogP contribution in [0.15, 0.2) is 9.85 Å². The molecule has 3 heteroatoms. The van der Waals surface area contributed by atoms with Gasteiger partial charge in [0.15, 0.2) is 0 Å². The molecule has 0 aliphatic heterocycles. The Morgan fingerprint density at radius 2 is 1.88 bits per heavy atom. The summed E-state index contributed by atoms with van der Waals surface area (Å²) in [5.74, 6) is 2.33. The number of halogens is 1. The third-order valence-electron chi connectivity index (χ3n) is 3.93. The van der Waals surface area contributed by atoms with Gasteiger partial charge in [-0.3, -0.25) is 0 Å². The summed E-state index contributed by atoms with van der Waals surface area (Å²) in [6, 6.07) is 2.48. The molecule has 1 saturated carbocycles. The van der Waals surface area contributed by atoms with Crippen LogP contribution in [0.2, 0.25) is 0 Å². The molecular formula is C14H22BrNS. The maximum Gasteiger partial charge on any atom is 0.0731 e. The van der Waals surface area contributed by atoms with E-state index in [0.29, 0.717) is 5.92 Å². The Labute approximate surface area is 117 Å². The largest absolute Gasteiger partial charge is 0.323 e. The van der Waals surface area contributed by atoms with Crippen LogP contribution in [0.4, 0.5) is 0 Å². The summed E-state index contributed by atoms with van der Waals surface area (Å²) in [4.78, 5) is 1.35. The van der Waals surface area contributed by atoms with Crippen molar-refractivity contribution in [2.45, 2.75) is 46.1 Å². The standard InChI is InChI=1S/C14H22BrNS/c1-8-4-9(2)6-11(5-8)13(16)12-7-10(3)14(15)17-12/h7-9,11,13H,4-6,16H2,1-3H3. The van der Waals surface area contributed by atoms with Gasteiger partial charge in [-0.15, -0.1) is 11.3 Å². The fraction of sp³-hybridized carbons (Fsp3) is 0.714. The number of aryl methyl sites for hydroxylation is 1. The monoisotopic (exact) mass is 315 g/mol. The summed E-state index contributed by atoms with van der Waals surface area (Å²) in [6.45, 7) is 6.87. The zero-order valence-corrected chi connectivity index (χ0v) is 13.3. The zero-order valence-electron chi connectivity index (χ0n) is 10.9. The van der Waals surface area contributed by atoms with Gasteiger partial charge in [-0.05, 0) is 71.5 Å². The van der Waals surface area contributed by atoms with Gasteiger partial charge in [0.2, 0.25) is 0 Å². The molecule has 1 aliphatic rings. The lowest BCUT2D eigenvalue weighted by atomic mass is 9.73. The first kappa shape index (κ1) is 13.6. The number of hydrogen-bond acceptors (Lipinski definition) is 2. The molecule has 1 fully saturated rings. The number of thiophene rings is 1. The summed E-state index contributed by atoms with van der Waals surface area (Å²) < 4.78 is 1.24. The molecule has 0 bridgehead atoms. The predicted molar refractivity (Wildman–Crippen MR) is 79.4 cm³/mol. The van der Waals surface area contributed by atoms with Gasteiger partial charge in [-0.2, -0.15) is 0 Å². The molecule has 1 heterocycles. The lowest BCUT2D eigenvalue weighted by Crippen LogP contribution is -2.28. The second-order valence-corrected chi connectivity index (χ2v) is 8.21. The molecule has 0 spiro atoms. The maximum absolute atomic E-state index is 6.47. The van der Waals surface area contributed by atoms with Crippen molar-refractivity contribution in [2.24, 2.45) is 23.5 Å². The van der Waals surface area contributed by atoms with Crippen molar-refractivity contribution in [3.63, 3.8) is 0 Å². The summed E-state index contributed by atoms with van der Waals surface area (Å²) in [7, 11) is 0. The average Bonchev–Trinajstić information content (AvgIpc) is 2.57. The van der Waals surface area contributed by atoms with Gasteiger partial charge < -0.3 is 5.73 Å². The van der Waals surface area contributed by atoms with Crippen molar-refractivity contribution in [2.75, 3.05) is 0 Å². The van der Waals surface area contributed by atoms with Crippen LogP contribution in [0.1, 0.15) is 49.6 Å². The van der Waals surface area contributed by atoms with Gasteiger partial charge in [0.05, 0.1) is 3.79 Å². The van der Waals surface area contributed by atoms with Crippen LogP contribution in [0.5, 0.6) is 0 Å². The fourth-order valence-corrected chi connectivity index (χ4v) is 4.85. The van der Waals surface area contributed by atoms with E-state index in [2.05, 4.69) is 42.8 Å². The summed E-state index contributed by atoms with van der Waals surface area (Å²) in [5, 5.41) is 0. The molecule has 1 aliphatic carbocycles. The van der Waals surface area contributed by atoms with E-state index in [1.807, 2.05) is 11.3 Å². The van der Waals surface area contributed by atoms with Crippen molar-refractivity contribution in [3.05, 3.63) is 20.3 Å². The minimum atomic E-state index is 0.232. The van der Waals surface area contributed by atoms with Crippen molar-refractivity contribution in [1.29, 1.82) is 0 Å². The second kappa shape index (κ2) is 5.41. The molecule has 0 aromatic carbocycles. The highest BCUT2D eigenvalue weighted by Gasteiger charge is 2.29. The molecule has 96 valence electrons. The Morgan fingerprint density at radius 3 is 2.35 bits per heavy atom. The molecule has 1 aromatic heterocycles. The van der Waals surface area contributed by atoms with E-state index in [9.17, 15) is 0 Å². The molecule has 1 aromatic rings. The quantitative estimate of drug-likeness (QED) is 0.826. The Balaban J connectivity index is 2.11. The molecule has 1 nitrogen and oxygen atoms in total. The van der Waals surface area contributed by atoms with Gasteiger partial charge in [-0.25, -0.2) is 0 Å². The highest BCUT2D eigenvalue weighted by Crippen LogP contribution is 2.41. The van der Waals surface area contributed by atoms with E-state index in [4.69, 9.17) is 5.73 Å². The van der Waals surface area contributed by atoms with Crippen LogP contribution in [0.3, 0.4) is 0 Å². The van der Waals surface area contributed by atoms with Crippen LogP contribution >= 0.6 is 27.3 Å². The topological polar surface area (TPSA) is 26.0 Å². The van der Waals surface area contributed by atoms with E-state index in [1.54, 1.807) is 0 Å². The highest BCUT2D eigenvalue weighted by atomic mass is 79.9. The van der Waals surface area contributed by atoms with Gasteiger partial charge in [0, 0.05) is 10.9 Å². The molecule has 0 saturated heterocycles. The third kappa shape index (κ3) is 3.12. The highest BCUT2D eigenvalue weighted by molar-refractivity contribution is 9.11. The number of hydrogen-bond donors (Lipinski definition) is 1. The predicted octanol–water partition coefficient (Wildman–Crippen LogP) is 4.89. The Hall–Kier alpha value is 0.140. The first-order chi connectivity index (χ1) is 7.97. The molecule has 0 amide bonds. The lowest BCUT2D eigenvalue weighted by molar-refractivity contribution is 0.194. The van der Waals surface area contributed by atoms with Gasteiger partial charge in [0.25, 0.3) is 0 Å². The van der Waals surface area contributed by atoms with Crippen LogP contribution in [0.25, 0.3) is 0 Å². The van der Waals surface area contributed by atoms with E-state index in [-0.39, 0.29) is 6.04 Å². The lowest BCUT2D eigenvalue weighted by Gasteiger charge is -2.34. The molecule has 2 N–H and O–H groups in total. The fourth-order valence-electron chi connectivity index (χ4n) is 3.18. The van der Waals surface area contributed by atoms with E-state index < -0.39 is 0 Å². The summed E-state index contributed by atoms with van der Waals surface area (Å²) >= 11 is 5.41. The number of nitrogens with two attached hydrogens (primary N) is 1. The first-order valence-electron chi connectivity index (χ1n) is 6.48. The molecule has 2 rings (SSSR count). The van der Waals surface area contributed by atoms with Crippen molar-refractivity contribution < 1.29 is 0 Å². The van der Waals surface area contributed by atoms with Crippen LogP contribution < -0.4 is 5.73 Å². The summed E-state index contributed by atoms with van der Waals surface area (Å²) in [6.07, 6.45) is 3.95. The molecule has 3 unspecified atom stereocenters. The SMILES string of the molecule is Cc1cc(C(N)C2CC(C)CC(C)C2)sc1Br. The summed E-state index contributed by atoms with van der Waals surface area (Å²) in [5.41, 5.74) is 7.78. The van der Waals surface area contributed by atoms with E-state index in [0.717, 1.165) is 11.8 Å². The third-order valence-corrected chi connectivity index (χ3v) is 6.17. The van der Waals surface area contributed by atoms with Gasteiger partial charge in [0.1, 0.15) is 0 Å². The second-order valence-electron chi connectivity index (χ2n) is 5.81. The van der Waals surface area contributed by atoms with Crippen molar-refractivity contribution in [1.82, 2.24) is 0 Å². The molecule has 0 radical (unpaired) electrons. The van der Waals surface area contributed by atoms with Crippen LogP contribution in [0, 0.1) is 24.7 Å². The van der Waals surface area contributed by atoms with Crippen LogP contribution in [-0.2, 0) is 0 Å². The normalized spacial score (nSPS) is 31.5. The molecule has 17 heavy (non-hydrogen) atoms. The average molecular weight is 316 g/mol. The van der Waals surface area contributed by atoms with Crippen molar-refractivity contribution >= 4 is 27.3 Å². The Morgan fingerprint density at radius 1 is 1.29 bits per heavy atom.